The van der Waals surface area contributed by atoms with Crippen LogP contribution < -0.4 is 5.73 Å². The van der Waals surface area contributed by atoms with E-state index in [0.29, 0.717) is 6.42 Å². The summed E-state index contributed by atoms with van der Waals surface area (Å²) in [6.07, 6.45) is 40.3. The van der Waals surface area contributed by atoms with E-state index < -0.39 is 32.5 Å². The van der Waals surface area contributed by atoms with Crippen LogP contribution in [0.25, 0.3) is 0 Å². The molecule has 0 spiro atoms. The molecule has 0 saturated heterocycles. The first-order chi connectivity index (χ1) is 24.8. The summed E-state index contributed by atoms with van der Waals surface area (Å²) in [7, 11) is -4.38. The van der Waals surface area contributed by atoms with Crippen molar-refractivity contribution in [3.63, 3.8) is 0 Å². The van der Waals surface area contributed by atoms with Gasteiger partial charge in [-0.3, -0.25) is 18.6 Å². The van der Waals surface area contributed by atoms with E-state index in [1.54, 1.807) is 0 Å². The van der Waals surface area contributed by atoms with Gasteiger partial charge in [-0.05, 0) is 64.2 Å². The molecule has 0 aliphatic rings. The lowest BCUT2D eigenvalue weighted by Crippen LogP contribution is -2.29. The first-order valence-corrected chi connectivity index (χ1v) is 22.0. The van der Waals surface area contributed by atoms with E-state index in [1.165, 1.54) is 64.2 Å². The number of carbonyl (C=O) groups excluding carboxylic acids is 2. The third-order valence-electron chi connectivity index (χ3n) is 8.50. The highest BCUT2D eigenvalue weighted by Crippen LogP contribution is 2.43. The number of phosphoric ester groups is 1. The number of ether oxygens (including phenoxy) is 2. The molecule has 0 aromatic carbocycles. The van der Waals surface area contributed by atoms with Gasteiger partial charge in [0.2, 0.25) is 0 Å². The number of hydrogen-bond acceptors (Lipinski definition) is 8. The number of phosphoric acid groups is 1. The number of carbonyl (C=O) groups is 2. The van der Waals surface area contributed by atoms with Gasteiger partial charge in [-0.1, -0.05) is 140 Å². The molecule has 0 aliphatic heterocycles. The number of nitrogens with two attached hydrogens (primary N) is 1. The number of esters is 2. The molecular weight excluding hydrogens is 665 g/mol. The zero-order chi connectivity index (χ0) is 37.5. The van der Waals surface area contributed by atoms with Crippen LogP contribution in [0.2, 0.25) is 0 Å². The first-order valence-electron chi connectivity index (χ1n) is 20.5. The van der Waals surface area contributed by atoms with Crippen LogP contribution in [-0.2, 0) is 32.7 Å². The minimum atomic E-state index is -4.38. The van der Waals surface area contributed by atoms with Crippen molar-refractivity contribution >= 4 is 19.8 Å². The molecule has 10 heteroatoms. The average molecular weight is 742 g/mol. The van der Waals surface area contributed by atoms with Gasteiger partial charge < -0.3 is 20.1 Å². The number of unbranched alkanes of at least 4 members (excludes halogenated alkanes) is 19. The van der Waals surface area contributed by atoms with Crippen LogP contribution in [0.5, 0.6) is 0 Å². The van der Waals surface area contributed by atoms with Crippen LogP contribution >= 0.6 is 7.82 Å². The van der Waals surface area contributed by atoms with Crippen LogP contribution in [0.4, 0.5) is 0 Å². The summed E-state index contributed by atoms with van der Waals surface area (Å²) in [6, 6.07) is 0. The van der Waals surface area contributed by atoms with Crippen molar-refractivity contribution in [3.8, 4) is 0 Å². The van der Waals surface area contributed by atoms with Crippen molar-refractivity contribution in [2.45, 2.75) is 187 Å². The Bertz CT molecular complexity index is 939. The van der Waals surface area contributed by atoms with Crippen molar-refractivity contribution in [2.75, 3.05) is 26.4 Å². The third-order valence-corrected chi connectivity index (χ3v) is 9.48. The second-order valence-electron chi connectivity index (χ2n) is 13.5. The molecule has 0 heterocycles. The van der Waals surface area contributed by atoms with Crippen LogP contribution in [0, 0.1) is 0 Å². The predicted octanol–water partition coefficient (Wildman–Crippen LogP) is 11.4. The lowest BCUT2D eigenvalue weighted by molar-refractivity contribution is -0.161. The van der Waals surface area contributed by atoms with E-state index in [1.807, 2.05) is 0 Å². The zero-order valence-corrected chi connectivity index (χ0v) is 33.5. The molecule has 298 valence electrons. The van der Waals surface area contributed by atoms with Crippen LogP contribution in [0.15, 0.2) is 36.5 Å². The largest absolute Gasteiger partial charge is 0.472 e. The molecule has 3 N–H and O–H groups in total. The Hall–Kier alpha value is -1.77. The monoisotopic (exact) mass is 742 g/mol. The molecule has 0 bridgehead atoms. The Kier molecular flexibility index (Phi) is 36.7. The maximum Gasteiger partial charge on any atom is 0.472 e. The molecule has 51 heavy (non-hydrogen) atoms. The van der Waals surface area contributed by atoms with Crippen LogP contribution in [-0.4, -0.2) is 49.3 Å². The van der Waals surface area contributed by atoms with Crippen molar-refractivity contribution in [1.82, 2.24) is 0 Å². The molecule has 0 aliphatic carbocycles. The third kappa shape index (κ3) is 37.8. The van der Waals surface area contributed by atoms with Gasteiger partial charge in [0.15, 0.2) is 6.10 Å². The van der Waals surface area contributed by atoms with Crippen molar-refractivity contribution < 1.29 is 37.6 Å². The molecule has 0 aromatic rings. The van der Waals surface area contributed by atoms with Gasteiger partial charge in [0.25, 0.3) is 0 Å². The quantitative estimate of drug-likeness (QED) is 0.0274. The van der Waals surface area contributed by atoms with Crippen LogP contribution in [0.3, 0.4) is 0 Å². The second kappa shape index (κ2) is 38.0. The van der Waals surface area contributed by atoms with Gasteiger partial charge in [0.05, 0.1) is 13.2 Å². The Morgan fingerprint density at radius 3 is 1.57 bits per heavy atom. The van der Waals surface area contributed by atoms with E-state index in [2.05, 4.69) is 50.3 Å². The molecule has 0 fully saturated rings. The first kappa shape index (κ1) is 49.2. The second-order valence-corrected chi connectivity index (χ2v) is 14.9. The molecule has 0 aromatic heterocycles. The highest BCUT2D eigenvalue weighted by Gasteiger charge is 2.25. The van der Waals surface area contributed by atoms with Gasteiger partial charge in [0.1, 0.15) is 6.61 Å². The zero-order valence-electron chi connectivity index (χ0n) is 32.6. The lowest BCUT2D eigenvalue weighted by Gasteiger charge is -2.19. The molecule has 0 saturated carbocycles. The molecular formula is C41H76NO8P. The van der Waals surface area contributed by atoms with Crippen molar-refractivity contribution in [2.24, 2.45) is 5.73 Å². The van der Waals surface area contributed by atoms with Gasteiger partial charge in [-0.25, -0.2) is 4.57 Å². The van der Waals surface area contributed by atoms with Gasteiger partial charge in [-0.15, -0.1) is 0 Å². The highest BCUT2D eigenvalue weighted by molar-refractivity contribution is 7.47. The topological polar surface area (TPSA) is 134 Å². The summed E-state index contributed by atoms with van der Waals surface area (Å²) >= 11 is 0. The van der Waals surface area contributed by atoms with E-state index in [9.17, 15) is 19.0 Å². The molecule has 0 rings (SSSR count). The van der Waals surface area contributed by atoms with Crippen molar-refractivity contribution in [3.05, 3.63) is 36.5 Å². The molecule has 9 nitrogen and oxygen atoms in total. The average Bonchev–Trinajstić information content (AvgIpc) is 3.11. The summed E-state index contributed by atoms with van der Waals surface area (Å²) in [4.78, 5) is 34.8. The highest BCUT2D eigenvalue weighted by atomic mass is 31.2. The molecule has 0 radical (unpaired) electrons. The Labute approximate surface area is 312 Å². The van der Waals surface area contributed by atoms with Crippen molar-refractivity contribution in [1.29, 1.82) is 0 Å². The molecule has 2 atom stereocenters. The normalized spacial score (nSPS) is 13.7. The Morgan fingerprint density at radius 2 is 1.04 bits per heavy atom. The summed E-state index contributed by atoms with van der Waals surface area (Å²) in [5.41, 5.74) is 5.34. The number of allylic oxidation sites excluding steroid dienone is 6. The summed E-state index contributed by atoms with van der Waals surface area (Å²) in [6.45, 7) is 3.66. The fourth-order valence-electron chi connectivity index (χ4n) is 5.41. The summed E-state index contributed by atoms with van der Waals surface area (Å²) in [5.74, 6) is -0.855. The van der Waals surface area contributed by atoms with E-state index >= 15 is 0 Å². The Morgan fingerprint density at radius 1 is 0.588 bits per heavy atom. The van der Waals surface area contributed by atoms with E-state index in [-0.39, 0.29) is 32.6 Å². The maximum atomic E-state index is 12.5. The summed E-state index contributed by atoms with van der Waals surface area (Å²) in [5, 5.41) is 0. The SMILES string of the molecule is CCCC/C=C\C/C=C\CCCCCCCC(=O)OC(COC(=O)CCCCCCC/C=C\CCCCCCCCC)COP(=O)(O)OCCN. The van der Waals surface area contributed by atoms with Gasteiger partial charge in [0, 0.05) is 19.4 Å². The lowest BCUT2D eigenvalue weighted by atomic mass is 10.1. The maximum absolute atomic E-state index is 12.5. The minimum Gasteiger partial charge on any atom is -0.462 e. The smallest absolute Gasteiger partial charge is 0.462 e. The summed E-state index contributed by atoms with van der Waals surface area (Å²) < 4.78 is 32.7. The fourth-order valence-corrected chi connectivity index (χ4v) is 6.17. The molecule has 2 unspecified atom stereocenters. The van der Waals surface area contributed by atoms with Gasteiger partial charge >= 0.3 is 19.8 Å². The molecule has 0 amide bonds. The van der Waals surface area contributed by atoms with Gasteiger partial charge in [-0.2, -0.15) is 0 Å². The fraction of sp³-hybridized carbons (Fsp3) is 0.805. The van der Waals surface area contributed by atoms with Crippen LogP contribution in [0.1, 0.15) is 181 Å². The standard InChI is InChI=1S/C41H76NO8P/c1-3-5-7-9-11-13-15-17-19-20-22-23-25-27-29-31-33-40(43)47-37-39(38-49-51(45,46)48-36-35-42)50-41(44)34-32-30-28-26-24-21-18-16-14-12-10-8-6-4-2/h10,12,16,18-20,39H,3-9,11,13-15,17,21-38,42H2,1-2H3,(H,45,46)/b12-10-,18-16-,20-19-. The van der Waals surface area contributed by atoms with E-state index in [0.717, 1.165) is 83.5 Å². The number of hydrogen-bond donors (Lipinski definition) is 2. The Balaban J connectivity index is 4.21. The number of rotatable bonds is 38. The van der Waals surface area contributed by atoms with E-state index in [4.69, 9.17) is 24.3 Å². The predicted molar refractivity (Wildman–Crippen MR) is 210 cm³/mol. The minimum absolute atomic E-state index is 0.0494.